The number of nitrogens with one attached hydrogen (secondary N) is 1. The molecule has 1 aliphatic rings. The van der Waals surface area contributed by atoms with Gasteiger partial charge in [0.05, 0.1) is 24.8 Å². The maximum atomic E-state index is 12.5. The average Bonchev–Trinajstić information content (AvgIpc) is 2.56. The molecule has 126 valence electrons. The van der Waals surface area contributed by atoms with E-state index in [2.05, 4.69) is 10.3 Å². The van der Waals surface area contributed by atoms with Crippen LogP contribution in [0.3, 0.4) is 0 Å². The fraction of sp³-hybridized carbons (Fsp3) is 0.529. The van der Waals surface area contributed by atoms with Gasteiger partial charge in [0.2, 0.25) is 0 Å². The van der Waals surface area contributed by atoms with Crippen LogP contribution < -0.4 is 5.32 Å². The number of aromatic nitrogens is 1. The van der Waals surface area contributed by atoms with E-state index in [0.717, 1.165) is 11.4 Å². The normalized spacial score (nSPS) is 20.8. The van der Waals surface area contributed by atoms with Gasteiger partial charge in [0.25, 0.3) is 5.91 Å². The Hall–Kier alpha value is -1.37. The zero-order chi connectivity index (χ0) is 16.7. The molecule has 1 aliphatic heterocycles. The fourth-order valence-electron chi connectivity index (χ4n) is 2.35. The van der Waals surface area contributed by atoms with E-state index in [9.17, 15) is 4.79 Å². The van der Waals surface area contributed by atoms with Crippen LogP contribution in [0.1, 0.15) is 30.6 Å². The molecule has 1 N–H and O–H groups in total. The maximum Gasteiger partial charge on any atom is 0.254 e. The second-order valence-electron chi connectivity index (χ2n) is 5.66. The summed E-state index contributed by atoms with van der Waals surface area (Å²) in [6, 6.07) is 3.53. The lowest BCUT2D eigenvalue weighted by Crippen LogP contribution is -2.50. The molecule has 0 radical (unpaired) electrons. The van der Waals surface area contributed by atoms with Gasteiger partial charge in [0, 0.05) is 12.8 Å². The average molecular weight is 336 g/mol. The second kappa shape index (κ2) is 9.05. The second-order valence-corrected chi connectivity index (χ2v) is 6.45. The molecular weight excluding hydrogens is 312 g/mol. The molecule has 0 unspecified atom stereocenters. The molecule has 5 nitrogen and oxygen atoms in total. The van der Waals surface area contributed by atoms with E-state index in [1.54, 1.807) is 18.3 Å². The molecule has 2 rings (SSSR count). The standard InChI is InChI=1S/C17H24N2O3S/c1-12(2)6-10-22-15-11-21-9-7-14(15)19-16(20)13-5-4-8-18-17(13)23-3/h4-6,8,14-15H,7,9-11H2,1-3H3,(H,19,20)/t14-,15-/m1/s1. The number of pyridine rings is 1. The quantitative estimate of drug-likeness (QED) is 0.639. The Morgan fingerprint density at radius 1 is 1.57 bits per heavy atom. The molecule has 0 aliphatic carbocycles. The number of carbonyl (C=O) groups is 1. The lowest BCUT2D eigenvalue weighted by molar-refractivity contribution is -0.0589. The van der Waals surface area contributed by atoms with Crippen molar-refractivity contribution in [2.75, 3.05) is 26.1 Å². The molecular formula is C17H24N2O3S. The van der Waals surface area contributed by atoms with Gasteiger partial charge in [0.15, 0.2) is 0 Å². The molecule has 0 aromatic carbocycles. The van der Waals surface area contributed by atoms with Crippen molar-refractivity contribution < 1.29 is 14.3 Å². The predicted octanol–water partition coefficient (Wildman–Crippen LogP) is 2.67. The third-order valence-electron chi connectivity index (χ3n) is 3.63. The Labute approximate surface area is 141 Å². The summed E-state index contributed by atoms with van der Waals surface area (Å²) in [5.74, 6) is -0.106. The van der Waals surface area contributed by atoms with Crippen LogP contribution in [-0.4, -0.2) is 49.1 Å². The summed E-state index contributed by atoms with van der Waals surface area (Å²) in [6.07, 6.45) is 6.26. The van der Waals surface area contributed by atoms with Crippen molar-refractivity contribution in [3.63, 3.8) is 0 Å². The highest BCUT2D eigenvalue weighted by atomic mass is 32.2. The third-order valence-corrected chi connectivity index (χ3v) is 4.34. The van der Waals surface area contributed by atoms with Crippen LogP contribution in [-0.2, 0) is 9.47 Å². The zero-order valence-corrected chi connectivity index (χ0v) is 14.7. The summed E-state index contributed by atoms with van der Waals surface area (Å²) in [4.78, 5) is 16.8. The molecule has 1 aromatic heterocycles. The van der Waals surface area contributed by atoms with Crippen LogP contribution in [0.5, 0.6) is 0 Å². The van der Waals surface area contributed by atoms with Crippen LogP contribution in [0.4, 0.5) is 0 Å². The molecule has 2 heterocycles. The number of allylic oxidation sites excluding steroid dienone is 1. The number of ether oxygens (including phenoxy) is 2. The number of amides is 1. The van der Waals surface area contributed by atoms with Crippen molar-refractivity contribution in [3.05, 3.63) is 35.5 Å². The maximum absolute atomic E-state index is 12.5. The first-order valence-corrected chi connectivity index (χ1v) is 8.97. The summed E-state index contributed by atoms with van der Waals surface area (Å²) in [6.45, 7) is 5.74. The first-order valence-electron chi connectivity index (χ1n) is 7.74. The Morgan fingerprint density at radius 2 is 2.39 bits per heavy atom. The Kier molecular flexibility index (Phi) is 7.08. The number of hydrogen-bond acceptors (Lipinski definition) is 5. The summed E-state index contributed by atoms with van der Waals surface area (Å²) in [7, 11) is 0. The van der Waals surface area contributed by atoms with Crippen molar-refractivity contribution >= 4 is 17.7 Å². The highest BCUT2D eigenvalue weighted by molar-refractivity contribution is 7.98. The third kappa shape index (κ3) is 5.34. The van der Waals surface area contributed by atoms with E-state index in [1.165, 1.54) is 17.3 Å². The number of carbonyl (C=O) groups excluding carboxylic acids is 1. The van der Waals surface area contributed by atoms with E-state index in [-0.39, 0.29) is 18.1 Å². The largest absolute Gasteiger partial charge is 0.379 e. The topological polar surface area (TPSA) is 60.5 Å². The number of nitrogens with zero attached hydrogens (tertiary/aromatic N) is 1. The van der Waals surface area contributed by atoms with Gasteiger partial charge >= 0.3 is 0 Å². The van der Waals surface area contributed by atoms with Crippen molar-refractivity contribution in [2.24, 2.45) is 0 Å². The molecule has 1 fully saturated rings. The number of hydrogen-bond donors (Lipinski definition) is 1. The van der Waals surface area contributed by atoms with Crippen molar-refractivity contribution in [1.29, 1.82) is 0 Å². The zero-order valence-electron chi connectivity index (χ0n) is 13.9. The van der Waals surface area contributed by atoms with Crippen molar-refractivity contribution in [3.8, 4) is 0 Å². The van der Waals surface area contributed by atoms with Gasteiger partial charge in [-0.15, -0.1) is 11.8 Å². The van der Waals surface area contributed by atoms with Gasteiger partial charge < -0.3 is 14.8 Å². The lowest BCUT2D eigenvalue weighted by atomic mass is 10.1. The summed E-state index contributed by atoms with van der Waals surface area (Å²) in [5, 5.41) is 3.82. The SMILES string of the molecule is CSc1ncccc1C(=O)N[C@@H]1CCOC[C@H]1OCC=C(C)C. The minimum atomic E-state index is -0.127. The molecule has 1 aromatic rings. The number of thioether (sulfide) groups is 1. The van der Waals surface area contributed by atoms with Gasteiger partial charge in [-0.05, 0) is 38.7 Å². The van der Waals surface area contributed by atoms with Crippen LogP contribution in [0.25, 0.3) is 0 Å². The first kappa shape index (κ1) is 18.0. The molecule has 6 heteroatoms. The summed E-state index contributed by atoms with van der Waals surface area (Å²) < 4.78 is 11.4. The lowest BCUT2D eigenvalue weighted by Gasteiger charge is -2.32. The van der Waals surface area contributed by atoms with Crippen LogP contribution in [0, 0.1) is 0 Å². The Morgan fingerprint density at radius 3 is 3.13 bits per heavy atom. The van der Waals surface area contributed by atoms with E-state index in [1.807, 2.05) is 26.2 Å². The molecule has 0 bridgehead atoms. The van der Waals surface area contributed by atoms with E-state index in [4.69, 9.17) is 9.47 Å². The highest BCUT2D eigenvalue weighted by Gasteiger charge is 2.28. The molecule has 23 heavy (non-hydrogen) atoms. The van der Waals surface area contributed by atoms with Gasteiger partial charge in [-0.3, -0.25) is 4.79 Å². The molecule has 1 saturated heterocycles. The van der Waals surface area contributed by atoms with Crippen LogP contribution in [0.15, 0.2) is 35.0 Å². The van der Waals surface area contributed by atoms with Gasteiger partial charge in [-0.1, -0.05) is 11.6 Å². The molecule has 1 amide bonds. The highest BCUT2D eigenvalue weighted by Crippen LogP contribution is 2.18. The van der Waals surface area contributed by atoms with Gasteiger partial charge in [-0.25, -0.2) is 4.98 Å². The van der Waals surface area contributed by atoms with Crippen LogP contribution >= 0.6 is 11.8 Å². The van der Waals surface area contributed by atoms with E-state index in [0.29, 0.717) is 25.4 Å². The van der Waals surface area contributed by atoms with Crippen LogP contribution in [0.2, 0.25) is 0 Å². The van der Waals surface area contributed by atoms with Gasteiger partial charge in [-0.2, -0.15) is 0 Å². The Balaban J connectivity index is 2.00. The molecule has 0 saturated carbocycles. The van der Waals surface area contributed by atoms with Crippen molar-refractivity contribution in [2.45, 2.75) is 37.4 Å². The summed E-state index contributed by atoms with van der Waals surface area (Å²) in [5.41, 5.74) is 1.82. The Bertz CT molecular complexity index is 559. The monoisotopic (exact) mass is 336 g/mol. The fourth-order valence-corrected chi connectivity index (χ4v) is 2.90. The summed E-state index contributed by atoms with van der Waals surface area (Å²) >= 11 is 1.47. The minimum absolute atomic E-state index is 0.0447. The minimum Gasteiger partial charge on any atom is -0.379 e. The predicted molar refractivity (Wildman–Crippen MR) is 91.9 cm³/mol. The van der Waals surface area contributed by atoms with E-state index < -0.39 is 0 Å². The smallest absolute Gasteiger partial charge is 0.254 e. The number of rotatable bonds is 6. The van der Waals surface area contributed by atoms with Crippen molar-refractivity contribution in [1.82, 2.24) is 10.3 Å². The molecule has 2 atom stereocenters. The molecule has 0 spiro atoms. The van der Waals surface area contributed by atoms with Gasteiger partial charge in [0.1, 0.15) is 11.1 Å². The van der Waals surface area contributed by atoms with E-state index >= 15 is 0 Å². The first-order chi connectivity index (χ1) is 11.1.